The van der Waals surface area contributed by atoms with Crippen molar-refractivity contribution in [3.05, 3.63) is 94.5 Å². The molecule has 1 atom stereocenters. The summed E-state index contributed by atoms with van der Waals surface area (Å²) in [6.45, 7) is 4.86. The first-order valence-corrected chi connectivity index (χ1v) is 11.1. The van der Waals surface area contributed by atoms with Crippen LogP contribution in [0.2, 0.25) is 0 Å². The monoisotopic (exact) mass is 429 g/mol. The average molecular weight is 430 g/mol. The first-order valence-electron chi connectivity index (χ1n) is 11.1. The lowest BCUT2D eigenvalue weighted by Gasteiger charge is -2.23. The van der Waals surface area contributed by atoms with Crippen LogP contribution in [0.25, 0.3) is 0 Å². The molecule has 1 aliphatic carbocycles. The van der Waals surface area contributed by atoms with Gasteiger partial charge in [0, 0.05) is 12.0 Å². The van der Waals surface area contributed by atoms with Crippen molar-refractivity contribution >= 4 is 5.91 Å². The highest BCUT2D eigenvalue weighted by molar-refractivity contribution is 5.86. The Morgan fingerprint density at radius 2 is 1.50 bits per heavy atom. The molecule has 0 unspecified atom stereocenters. The zero-order valence-electron chi connectivity index (χ0n) is 19.3. The Labute approximate surface area is 190 Å². The van der Waals surface area contributed by atoms with E-state index in [1.54, 1.807) is 14.2 Å². The van der Waals surface area contributed by atoms with Gasteiger partial charge in [-0.3, -0.25) is 4.79 Å². The zero-order valence-corrected chi connectivity index (χ0v) is 19.3. The zero-order chi connectivity index (χ0) is 22.7. The van der Waals surface area contributed by atoms with Gasteiger partial charge in [0.25, 0.3) is 0 Å². The predicted molar refractivity (Wildman–Crippen MR) is 128 cm³/mol. The summed E-state index contributed by atoms with van der Waals surface area (Å²) < 4.78 is 10.7. The first kappa shape index (κ1) is 21.9. The van der Waals surface area contributed by atoms with Crippen LogP contribution in [0.1, 0.15) is 34.2 Å². The molecule has 4 nitrogen and oxygen atoms in total. The van der Waals surface area contributed by atoms with E-state index >= 15 is 0 Å². The van der Waals surface area contributed by atoms with Crippen LogP contribution in [0.4, 0.5) is 0 Å². The molecule has 166 valence electrons. The maximum Gasteiger partial charge on any atom is 0.224 e. The van der Waals surface area contributed by atoms with Crippen LogP contribution in [0.5, 0.6) is 11.5 Å². The maximum atomic E-state index is 13.2. The molecule has 0 saturated heterocycles. The maximum absolute atomic E-state index is 13.2. The van der Waals surface area contributed by atoms with Crippen molar-refractivity contribution in [1.82, 2.24) is 5.32 Å². The molecule has 3 aromatic carbocycles. The van der Waals surface area contributed by atoms with E-state index in [1.807, 2.05) is 18.2 Å². The number of amides is 1. The quantitative estimate of drug-likeness (QED) is 0.549. The number of hydrogen-bond acceptors (Lipinski definition) is 3. The minimum Gasteiger partial charge on any atom is -0.493 e. The molecule has 0 heterocycles. The van der Waals surface area contributed by atoms with Crippen molar-refractivity contribution in [2.45, 2.75) is 32.1 Å². The van der Waals surface area contributed by atoms with Crippen molar-refractivity contribution in [2.24, 2.45) is 5.92 Å². The van der Waals surface area contributed by atoms with Crippen LogP contribution in [0, 0.1) is 19.8 Å². The Morgan fingerprint density at radius 1 is 0.906 bits per heavy atom. The number of benzene rings is 3. The van der Waals surface area contributed by atoms with Gasteiger partial charge >= 0.3 is 0 Å². The Hall–Kier alpha value is -3.27. The third kappa shape index (κ3) is 3.97. The van der Waals surface area contributed by atoms with Gasteiger partial charge in [0.15, 0.2) is 11.5 Å². The fourth-order valence-electron chi connectivity index (χ4n) is 4.96. The molecule has 4 heteroatoms. The van der Waals surface area contributed by atoms with E-state index in [0.717, 1.165) is 18.4 Å². The lowest BCUT2D eigenvalue weighted by atomic mass is 9.81. The summed E-state index contributed by atoms with van der Waals surface area (Å²) in [7, 11) is 3.26. The fraction of sp³-hybridized carbons (Fsp3) is 0.321. The fourth-order valence-corrected chi connectivity index (χ4v) is 4.96. The number of hydrogen-bond donors (Lipinski definition) is 1. The molecule has 32 heavy (non-hydrogen) atoms. The number of carbonyl (C=O) groups is 1. The van der Waals surface area contributed by atoms with Gasteiger partial charge < -0.3 is 14.8 Å². The van der Waals surface area contributed by atoms with Crippen molar-refractivity contribution in [2.75, 3.05) is 20.8 Å². The molecule has 0 radical (unpaired) electrons. The standard InChI is InChI=1S/C28H31NO3/c1-19-9-5-7-11-22(19)28(23-12-8-6-10-20(23)2)18-24(28)27(30)29-16-15-21-13-14-25(31-3)26(17-21)32-4/h5-14,17,24H,15-16,18H2,1-4H3,(H,29,30)/t24-/m0/s1. The number of nitrogens with one attached hydrogen (secondary N) is 1. The molecule has 4 rings (SSSR count). The second-order valence-electron chi connectivity index (χ2n) is 8.59. The molecule has 1 fully saturated rings. The first-order chi connectivity index (χ1) is 15.5. The molecule has 1 N–H and O–H groups in total. The van der Waals surface area contributed by atoms with Gasteiger partial charge in [0.2, 0.25) is 5.91 Å². The topological polar surface area (TPSA) is 47.6 Å². The van der Waals surface area contributed by atoms with Gasteiger partial charge in [-0.15, -0.1) is 0 Å². The van der Waals surface area contributed by atoms with Crippen molar-refractivity contribution in [3.63, 3.8) is 0 Å². The van der Waals surface area contributed by atoms with E-state index in [1.165, 1.54) is 22.3 Å². The number of rotatable bonds is 8. The molecule has 1 saturated carbocycles. The second kappa shape index (κ2) is 9.07. The Bertz CT molecular complexity index is 1080. The number of ether oxygens (including phenoxy) is 2. The summed E-state index contributed by atoms with van der Waals surface area (Å²) in [5.74, 6) is 1.48. The highest BCUT2D eigenvalue weighted by Gasteiger charge is 2.61. The molecule has 3 aromatic rings. The molecule has 1 amide bonds. The van der Waals surface area contributed by atoms with E-state index in [4.69, 9.17) is 9.47 Å². The summed E-state index contributed by atoms with van der Waals surface area (Å²) in [4.78, 5) is 13.2. The molecular formula is C28H31NO3. The van der Waals surface area contributed by atoms with E-state index < -0.39 is 0 Å². The van der Waals surface area contributed by atoms with E-state index in [-0.39, 0.29) is 17.2 Å². The normalized spacial score (nSPS) is 16.3. The molecular weight excluding hydrogens is 398 g/mol. The smallest absolute Gasteiger partial charge is 0.224 e. The van der Waals surface area contributed by atoms with Crippen molar-refractivity contribution in [3.8, 4) is 11.5 Å². The molecule has 0 aromatic heterocycles. The number of carbonyl (C=O) groups excluding carboxylic acids is 1. The largest absolute Gasteiger partial charge is 0.493 e. The second-order valence-corrected chi connectivity index (χ2v) is 8.59. The van der Waals surface area contributed by atoms with Crippen LogP contribution in [0.3, 0.4) is 0 Å². The lowest BCUT2D eigenvalue weighted by Crippen LogP contribution is -2.31. The predicted octanol–water partition coefficient (Wildman–Crippen LogP) is 4.99. The van der Waals surface area contributed by atoms with Crippen LogP contribution in [0.15, 0.2) is 66.7 Å². The third-order valence-corrected chi connectivity index (χ3v) is 6.69. The summed E-state index contributed by atoms with van der Waals surface area (Å²) in [6.07, 6.45) is 1.57. The van der Waals surface area contributed by atoms with Gasteiger partial charge in [-0.2, -0.15) is 0 Å². The lowest BCUT2D eigenvalue weighted by molar-refractivity contribution is -0.122. The summed E-state index contributed by atoms with van der Waals surface area (Å²) >= 11 is 0. The Morgan fingerprint density at radius 3 is 2.06 bits per heavy atom. The van der Waals surface area contributed by atoms with Crippen LogP contribution in [-0.4, -0.2) is 26.7 Å². The summed E-state index contributed by atoms with van der Waals surface area (Å²) in [6, 6.07) is 22.8. The van der Waals surface area contributed by atoms with E-state index in [0.29, 0.717) is 18.0 Å². The highest BCUT2D eigenvalue weighted by Crippen LogP contribution is 2.60. The van der Waals surface area contributed by atoms with Gasteiger partial charge in [0.05, 0.1) is 20.1 Å². The van der Waals surface area contributed by atoms with Crippen LogP contribution >= 0.6 is 0 Å². The third-order valence-electron chi connectivity index (χ3n) is 6.69. The van der Waals surface area contributed by atoms with Crippen molar-refractivity contribution < 1.29 is 14.3 Å². The van der Waals surface area contributed by atoms with Gasteiger partial charge in [-0.05, 0) is 66.6 Å². The number of methoxy groups -OCH3 is 2. The minimum absolute atomic E-state index is 0.0601. The molecule has 0 aliphatic heterocycles. The van der Waals surface area contributed by atoms with Gasteiger partial charge in [-0.25, -0.2) is 0 Å². The Kier molecular flexibility index (Phi) is 6.22. The summed E-state index contributed by atoms with van der Waals surface area (Å²) in [5.41, 5.74) is 5.84. The molecule has 0 bridgehead atoms. The van der Waals surface area contributed by atoms with Gasteiger partial charge in [-0.1, -0.05) is 54.6 Å². The molecule has 0 spiro atoms. The van der Waals surface area contributed by atoms with Crippen LogP contribution < -0.4 is 14.8 Å². The van der Waals surface area contributed by atoms with E-state index in [9.17, 15) is 4.79 Å². The minimum atomic E-state index is -0.246. The SMILES string of the molecule is COc1ccc(CCNC(=O)[C@@H]2CC2(c2ccccc2C)c2ccccc2C)cc1OC. The summed E-state index contributed by atoms with van der Waals surface area (Å²) in [5, 5.41) is 3.18. The van der Waals surface area contributed by atoms with E-state index in [2.05, 4.69) is 67.7 Å². The number of aryl methyl sites for hydroxylation is 2. The van der Waals surface area contributed by atoms with Gasteiger partial charge in [0.1, 0.15) is 0 Å². The van der Waals surface area contributed by atoms with Crippen LogP contribution in [-0.2, 0) is 16.6 Å². The molecule has 1 aliphatic rings. The Balaban J connectivity index is 1.50. The average Bonchev–Trinajstić information content (AvgIpc) is 3.56. The van der Waals surface area contributed by atoms with Crippen molar-refractivity contribution in [1.29, 1.82) is 0 Å². The highest BCUT2D eigenvalue weighted by atomic mass is 16.5.